The molecule has 1 aliphatic carbocycles. The molecule has 0 radical (unpaired) electrons. The number of ketones is 1. The standard InChI is InChI=1S/C40H60ClN7O9/c1-8-23(2)34(39(55)42-29(15-11-12-18-48(5,6)7)36(52)44-32(22-49)25(4)50)45-40(56)35(27-13-9-10-14-27)46-37(53)30(21-26-16-17-33(51)28(41)20-26)43-38(54)31-19-24(3)57-47-31/h16-17,19-20,23,27,29-30,32,34-35,49H,8-15,18,21-22H2,1-7H3,(H5-,42,43,44,45,46,51,52,53,54,55,56)/p+1/t23-,29-,30-,32-,34?,35-/m0/s1. The number of phenols is 1. The summed E-state index contributed by atoms with van der Waals surface area (Å²) in [5, 5.41) is 37.2. The molecule has 0 spiro atoms. The highest BCUT2D eigenvalue weighted by Gasteiger charge is 2.38. The first-order valence-electron chi connectivity index (χ1n) is 19.7. The van der Waals surface area contributed by atoms with Crippen LogP contribution in [0, 0.1) is 18.8 Å². The van der Waals surface area contributed by atoms with Crippen molar-refractivity contribution < 1.29 is 48.0 Å². The molecule has 1 aromatic heterocycles. The molecule has 1 heterocycles. The third kappa shape index (κ3) is 14.7. The predicted molar refractivity (Wildman–Crippen MR) is 213 cm³/mol. The molecule has 2 aromatic rings. The zero-order chi connectivity index (χ0) is 42.4. The van der Waals surface area contributed by atoms with E-state index >= 15 is 0 Å². The van der Waals surface area contributed by atoms with Crippen LogP contribution in [-0.2, 0) is 30.4 Å². The van der Waals surface area contributed by atoms with E-state index in [-0.39, 0.29) is 35.2 Å². The molecule has 17 heteroatoms. The lowest BCUT2D eigenvalue weighted by atomic mass is 9.93. The molecule has 5 amide bonds. The first-order chi connectivity index (χ1) is 26.8. The molecule has 1 aromatic carbocycles. The van der Waals surface area contributed by atoms with Crippen LogP contribution in [0.2, 0.25) is 5.02 Å². The van der Waals surface area contributed by atoms with Crippen LogP contribution in [0.15, 0.2) is 28.8 Å². The topological polar surface area (TPSA) is 229 Å². The van der Waals surface area contributed by atoms with Crippen LogP contribution in [0.5, 0.6) is 5.75 Å². The summed E-state index contributed by atoms with van der Waals surface area (Å²) < 4.78 is 5.75. The fraction of sp³-hybridized carbons (Fsp3) is 0.625. The Labute approximate surface area is 339 Å². The number of hydrogen-bond acceptors (Lipinski definition) is 10. The Kier molecular flexibility index (Phi) is 17.9. The second-order valence-corrected chi connectivity index (χ2v) is 16.6. The average molecular weight is 819 g/mol. The number of Topliss-reactive ketones (excluding diaryl/α,β-unsaturated/α-hetero) is 1. The van der Waals surface area contributed by atoms with Gasteiger partial charge in [-0.15, -0.1) is 0 Å². The molecule has 0 bridgehead atoms. The van der Waals surface area contributed by atoms with E-state index in [2.05, 4.69) is 31.7 Å². The van der Waals surface area contributed by atoms with Gasteiger partial charge in [0.15, 0.2) is 11.5 Å². The fourth-order valence-corrected chi connectivity index (χ4v) is 6.93. The first-order valence-corrected chi connectivity index (χ1v) is 20.1. The van der Waals surface area contributed by atoms with Crippen LogP contribution in [0.1, 0.15) is 93.9 Å². The van der Waals surface area contributed by atoms with Gasteiger partial charge >= 0.3 is 0 Å². The fourth-order valence-electron chi connectivity index (χ4n) is 6.73. The summed E-state index contributed by atoms with van der Waals surface area (Å²) in [6.07, 6.45) is 4.96. The Morgan fingerprint density at radius 2 is 1.54 bits per heavy atom. The summed E-state index contributed by atoms with van der Waals surface area (Å²) in [7, 11) is 6.15. The van der Waals surface area contributed by atoms with Crippen LogP contribution in [0.3, 0.4) is 0 Å². The summed E-state index contributed by atoms with van der Waals surface area (Å²) in [6.45, 7) is 6.74. The minimum atomic E-state index is -1.21. The van der Waals surface area contributed by atoms with Crippen LogP contribution in [-0.4, -0.2) is 120 Å². The SMILES string of the molecule is CC[C@H](C)C(NC(=O)[C@@H](NC(=O)[C@H](Cc1ccc(O)c(Cl)c1)NC(=O)c1cc(C)on1)C1CCCC1)C(=O)N[C@@H](CCCC[N+](C)(C)C)C(=O)N[C@@H](CO)C(C)=O. The predicted octanol–water partition coefficient (Wildman–Crippen LogP) is 2.32. The number of unbranched alkanes of at least 4 members (excludes halogenated alkanes) is 1. The van der Waals surface area contributed by atoms with Gasteiger partial charge in [-0.25, -0.2) is 0 Å². The van der Waals surface area contributed by atoms with Crippen molar-refractivity contribution in [3.8, 4) is 5.75 Å². The molecule has 1 unspecified atom stereocenters. The molecule has 0 aliphatic heterocycles. The van der Waals surface area contributed by atoms with Gasteiger partial charge in [0, 0.05) is 12.5 Å². The van der Waals surface area contributed by atoms with E-state index in [0.717, 1.165) is 25.8 Å². The number of benzene rings is 1. The number of hydrogen-bond donors (Lipinski definition) is 7. The molecule has 1 fully saturated rings. The van der Waals surface area contributed by atoms with Gasteiger partial charge in [-0.3, -0.25) is 28.8 Å². The minimum Gasteiger partial charge on any atom is -0.506 e. The van der Waals surface area contributed by atoms with Crippen molar-refractivity contribution in [3.63, 3.8) is 0 Å². The van der Waals surface area contributed by atoms with Crippen LogP contribution < -0.4 is 26.6 Å². The third-order valence-electron chi connectivity index (χ3n) is 10.4. The lowest BCUT2D eigenvalue weighted by Crippen LogP contribution is -2.61. The Balaban J connectivity index is 1.87. The normalized spacial score (nSPS) is 16.4. The number of quaternary nitrogens is 1. The van der Waals surface area contributed by atoms with E-state index in [1.54, 1.807) is 19.9 Å². The molecular weight excluding hydrogens is 758 g/mol. The summed E-state index contributed by atoms with van der Waals surface area (Å²) >= 11 is 6.15. The molecule has 7 N–H and O–H groups in total. The number of aromatic nitrogens is 1. The molecule has 316 valence electrons. The van der Waals surface area contributed by atoms with E-state index in [0.29, 0.717) is 41.5 Å². The maximum atomic E-state index is 14.3. The lowest BCUT2D eigenvalue weighted by Gasteiger charge is -2.31. The smallest absolute Gasteiger partial charge is 0.274 e. The van der Waals surface area contributed by atoms with Crippen molar-refractivity contribution in [1.29, 1.82) is 0 Å². The van der Waals surface area contributed by atoms with Crippen molar-refractivity contribution in [2.45, 2.75) is 116 Å². The Bertz CT molecular complexity index is 1710. The number of halogens is 1. The highest BCUT2D eigenvalue weighted by Crippen LogP contribution is 2.29. The number of rotatable bonds is 22. The number of aliphatic hydroxyl groups excluding tert-OH is 1. The van der Waals surface area contributed by atoms with Crippen molar-refractivity contribution >= 4 is 46.9 Å². The summed E-state index contributed by atoms with van der Waals surface area (Å²) in [4.78, 5) is 81.1. The van der Waals surface area contributed by atoms with Gasteiger partial charge in [0.05, 0.1) is 39.3 Å². The van der Waals surface area contributed by atoms with Gasteiger partial charge in [0.1, 0.15) is 41.7 Å². The first kappa shape index (κ1) is 46.8. The number of phenolic OH excluding ortho intramolecular Hbond substituents is 1. The molecule has 1 saturated carbocycles. The number of carbonyl (C=O) groups is 6. The molecular formula is C40H61ClN7O9+. The molecule has 3 rings (SSSR count). The maximum absolute atomic E-state index is 14.3. The van der Waals surface area contributed by atoms with Gasteiger partial charge in [-0.05, 0) is 75.5 Å². The van der Waals surface area contributed by atoms with Gasteiger partial charge in [0.25, 0.3) is 5.91 Å². The lowest BCUT2D eigenvalue weighted by molar-refractivity contribution is -0.870. The summed E-state index contributed by atoms with van der Waals surface area (Å²) in [5.74, 6) is -4.05. The highest BCUT2D eigenvalue weighted by molar-refractivity contribution is 6.32. The average Bonchev–Trinajstić information content (AvgIpc) is 3.85. The quantitative estimate of drug-likeness (QED) is 0.0678. The monoisotopic (exact) mass is 818 g/mol. The molecule has 1 aliphatic rings. The highest BCUT2D eigenvalue weighted by atomic mass is 35.5. The van der Waals surface area contributed by atoms with Crippen molar-refractivity contribution in [2.24, 2.45) is 11.8 Å². The maximum Gasteiger partial charge on any atom is 0.274 e. The van der Waals surface area contributed by atoms with E-state index in [1.165, 1.54) is 25.1 Å². The largest absolute Gasteiger partial charge is 0.506 e. The van der Waals surface area contributed by atoms with Crippen LogP contribution in [0.25, 0.3) is 0 Å². The Morgan fingerprint density at radius 3 is 2.11 bits per heavy atom. The number of carbonyl (C=O) groups excluding carboxylic acids is 6. The van der Waals surface area contributed by atoms with Crippen molar-refractivity contribution in [1.82, 2.24) is 31.7 Å². The zero-order valence-electron chi connectivity index (χ0n) is 34.2. The van der Waals surface area contributed by atoms with Gasteiger partial charge < -0.3 is 45.8 Å². The van der Waals surface area contributed by atoms with Crippen molar-refractivity contribution in [3.05, 3.63) is 46.3 Å². The molecule has 0 saturated heterocycles. The summed E-state index contributed by atoms with van der Waals surface area (Å²) in [6, 6.07) is 0.246. The molecule has 16 nitrogen and oxygen atoms in total. The van der Waals surface area contributed by atoms with Gasteiger partial charge in [-0.1, -0.05) is 55.9 Å². The molecule has 6 atom stereocenters. The van der Waals surface area contributed by atoms with Crippen LogP contribution >= 0.6 is 11.6 Å². The van der Waals surface area contributed by atoms with Crippen LogP contribution in [0.4, 0.5) is 0 Å². The number of aliphatic hydroxyl groups is 1. The number of aromatic hydroxyl groups is 1. The van der Waals surface area contributed by atoms with E-state index in [9.17, 15) is 39.0 Å². The Morgan fingerprint density at radius 1 is 0.895 bits per heavy atom. The minimum absolute atomic E-state index is 0.0462. The molecule has 57 heavy (non-hydrogen) atoms. The van der Waals surface area contributed by atoms with E-state index < -0.39 is 78.1 Å². The number of nitrogens with zero attached hydrogens (tertiary/aromatic N) is 2. The van der Waals surface area contributed by atoms with Gasteiger partial charge in [-0.2, -0.15) is 0 Å². The van der Waals surface area contributed by atoms with Crippen molar-refractivity contribution in [2.75, 3.05) is 34.3 Å². The van der Waals surface area contributed by atoms with E-state index in [4.69, 9.17) is 16.1 Å². The second-order valence-electron chi connectivity index (χ2n) is 16.2. The number of amides is 5. The zero-order valence-corrected chi connectivity index (χ0v) is 34.9. The van der Waals surface area contributed by atoms with E-state index in [1.807, 2.05) is 28.1 Å². The third-order valence-corrected chi connectivity index (χ3v) is 10.7. The second kappa shape index (κ2) is 21.8. The Hall–Kier alpha value is -4.54. The van der Waals surface area contributed by atoms with Gasteiger partial charge in [0.2, 0.25) is 23.6 Å². The number of nitrogens with one attached hydrogen (secondary N) is 5. The number of aryl methyl sites for hydroxylation is 1. The summed E-state index contributed by atoms with van der Waals surface area (Å²) in [5.41, 5.74) is 0.477.